The van der Waals surface area contributed by atoms with E-state index in [9.17, 15) is 4.79 Å². The first kappa shape index (κ1) is 18.9. The summed E-state index contributed by atoms with van der Waals surface area (Å²) in [6, 6.07) is 11.9. The smallest absolute Gasteiger partial charge is 0.317 e. The first-order valence-corrected chi connectivity index (χ1v) is 10.3. The number of benzene rings is 1. The number of aromatic nitrogens is 1. The van der Waals surface area contributed by atoms with Gasteiger partial charge < -0.3 is 20.0 Å². The van der Waals surface area contributed by atoms with Crippen LogP contribution in [-0.2, 0) is 6.54 Å². The topological polar surface area (TPSA) is 51.7 Å². The molecule has 0 atom stereocenters. The first-order chi connectivity index (χ1) is 13.7. The summed E-state index contributed by atoms with van der Waals surface area (Å²) in [7, 11) is 0. The number of carbonyl (C=O) groups excluding carboxylic acids is 1. The van der Waals surface area contributed by atoms with Gasteiger partial charge in [-0.25, -0.2) is 9.78 Å². The number of halogens is 1. The van der Waals surface area contributed by atoms with E-state index in [1.54, 1.807) is 0 Å². The Balaban J connectivity index is 1.25. The molecule has 6 nitrogen and oxygen atoms in total. The van der Waals surface area contributed by atoms with Crippen LogP contribution < -0.4 is 15.1 Å². The van der Waals surface area contributed by atoms with Gasteiger partial charge in [-0.3, -0.25) is 0 Å². The van der Waals surface area contributed by atoms with Gasteiger partial charge in [-0.15, -0.1) is 0 Å². The molecule has 148 valence electrons. The van der Waals surface area contributed by atoms with Crippen LogP contribution in [0.4, 0.5) is 16.3 Å². The third-order valence-corrected chi connectivity index (χ3v) is 5.76. The maximum atomic E-state index is 12.5. The maximum absolute atomic E-state index is 12.5. The minimum Gasteiger partial charge on any atom is -0.367 e. The Morgan fingerprint density at radius 3 is 2.39 bits per heavy atom. The van der Waals surface area contributed by atoms with Crippen molar-refractivity contribution in [1.29, 1.82) is 0 Å². The van der Waals surface area contributed by atoms with Gasteiger partial charge in [0.05, 0.1) is 10.7 Å². The molecule has 0 unspecified atom stereocenters. The predicted molar refractivity (Wildman–Crippen MR) is 113 cm³/mol. The van der Waals surface area contributed by atoms with E-state index in [0.29, 0.717) is 19.6 Å². The van der Waals surface area contributed by atoms with Crippen molar-refractivity contribution in [2.24, 2.45) is 0 Å². The third-order valence-electron chi connectivity index (χ3n) is 5.44. The molecule has 2 aliphatic heterocycles. The molecule has 7 heteroatoms. The van der Waals surface area contributed by atoms with E-state index in [2.05, 4.69) is 32.2 Å². The lowest BCUT2D eigenvalue weighted by molar-refractivity contribution is 0.194. The highest BCUT2D eigenvalue weighted by Gasteiger charge is 2.22. The highest BCUT2D eigenvalue weighted by atomic mass is 35.5. The number of piperazine rings is 1. The van der Waals surface area contributed by atoms with Crippen molar-refractivity contribution >= 4 is 29.1 Å². The number of urea groups is 1. The minimum absolute atomic E-state index is 0.0255. The third kappa shape index (κ3) is 4.33. The maximum Gasteiger partial charge on any atom is 0.317 e. The molecule has 28 heavy (non-hydrogen) atoms. The van der Waals surface area contributed by atoms with Gasteiger partial charge in [0.15, 0.2) is 0 Å². The van der Waals surface area contributed by atoms with E-state index in [-0.39, 0.29) is 6.03 Å². The molecule has 2 aliphatic rings. The number of pyridine rings is 1. The quantitative estimate of drug-likeness (QED) is 0.856. The van der Waals surface area contributed by atoms with Crippen LogP contribution in [0.1, 0.15) is 18.4 Å². The lowest BCUT2D eigenvalue weighted by atomic mass is 10.2. The van der Waals surface area contributed by atoms with Crippen LogP contribution in [0, 0.1) is 0 Å². The van der Waals surface area contributed by atoms with E-state index in [0.717, 1.165) is 48.3 Å². The zero-order valence-corrected chi connectivity index (χ0v) is 16.7. The number of hydrogen-bond donors (Lipinski definition) is 1. The molecule has 0 spiro atoms. The van der Waals surface area contributed by atoms with Crippen LogP contribution in [0.3, 0.4) is 0 Å². The fourth-order valence-corrected chi connectivity index (χ4v) is 4.06. The number of hydrogen-bond acceptors (Lipinski definition) is 4. The standard InChI is InChI=1S/C21H26ClN5O/c22-18-5-1-2-6-19(18)25-11-13-27(14-12-25)21(28)24-16-17-7-8-20(23-15-17)26-9-3-4-10-26/h1-2,5-8,15H,3-4,9-14,16H2,(H,24,28). The van der Waals surface area contributed by atoms with Gasteiger partial charge in [0.2, 0.25) is 0 Å². The van der Waals surface area contributed by atoms with Crippen molar-refractivity contribution in [1.82, 2.24) is 15.2 Å². The monoisotopic (exact) mass is 399 g/mol. The van der Waals surface area contributed by atoms with Crippen LogP contribution in [0.5, 0.6) is 0 Å². The van der Waals surface area contributed by atoms with E-state index in [1.165, 1.54) is 12.8 Å². The van der Waals surface area contributed by atoms with Crippen LogP contribution >= 0.6 is 11.6 Å². The second-order valence-electron chi connectivity index (χ2n) is 7.30. The van der Waals surface area contributed by atoms with Crippen molar-refractivity contribution in [2.75, 3.05) is 49.1 Å². The second-order valence-corrected chi connectivity index (χ2v) is 7.71. The number of rotatable bonds is 4. The molecule has 1 aromatic carbocycles. The molecule has 1 aromatic heterocycles. The zero-order valence-electron chi connectivity index (χ0n) is 16.0. The fourth-order valence-electron chi connectivity index (χ4n) is 3.80. The van der Waals surface area contributed by atoms with Gasteiger partial charge >= 0.3 is 6.03 Å². The number of anilines is 2. The Morgan fingerprint density at radius 2 is 1.71 bits per heavy atom. The van der Waals surface area contributed by atoms with E-state index < -0.39 is 0 Å². The number of nitrogens with zero attached hydrogens (tertiary/aromatic N) is 4. The summed E-state index contributed by atoms with van der Waals surface area (Å²) in [6.07, 6.45) is 4.34. The largest absolute Gasteiger partial charge is 0.367 e. The van der Waals surface area contributed by atoms with E-state index >= 15 is 0 Å². The normalized spacial score (nSPS) is 17.1. The van der Waals surface area contributed by atoms with Gasteiger partial charge in [0.1, 0.15) is 5.82 Å². The lowest BCUT2D eigenvalue weighted by Gasteiger charge is -2.36. The number of carbonyl (C=O) groups is 1. The molecule has 1 N–H and O–H groups in total. The zero-order chi connectivity index (χ0) is 19.3. The Kier molecular flexibility index (Phi) is 5.86. The molecule has 0 saturated carbocycles. The Bertz CT molecular complexity index is 799. The summed E-state index contributed by atoms with van der Waals surface area (Å²) >= 11 is 6.28. The number of nitrogens with one attached hydrogen (secondary N) is 1. The predicted octanol–water partition coefficient (Wildman–Crippen LogP) is 3.37. The molecule has 2 amide bonds. The highest BCUT2D eigenvalue weighted by Crippen LogP contribution is 2.26. The van der Waals surface area contributed by atoms with Crippen molar-refractivity contribution in [3.05, 3.63) is 53.2 Å². The van der Waals surface area contributed by atoms with Crippen molar-refractivity contribution in [2.45, 2.75) is 19.4 Å². The van der Waals surface area contributed by atoms with Gasteiger partial charge in [0.25, 0.3) is 0 Å². The summed E-state index contributed by atoms with van der Waals surface area (Å²) in [4.78, 5) is 23.4. The molecule has 0 aliphatic carbocycles. The molecule has 3 heterocycles. The van der Waals surface area contributed by atoms with Crippen LogP contribution in [-0.4, -0.2) is 55.2 Å². The summed E-state index contributed by atoms with van der Waals surface area (Å²) in [5, 5.41) is 3.77. The van der Waals surface area contributed by atoms with Crippen LogP contribution in [0.15, 0.2) is 42.6 Å². The molecule has 4 rings (SSSR count). The van der Waals surface area contributed by atoms with Gasteiger partial charge in [0, 0.05) is 52.0 Å². The molecule has 2 saturated heterocycles. The highest BCUT2D eigenvalue weighted by molar-refractivity contribution is 6.33. The molecule has 2 aromatic rings. The van der Waals surface area contributed by atoms with Crippen LogP contribution in [0.2, 0.25) is 5.02 Å². The molecular formula is C21H26ClN5O. The average molecular weight is 400 g/mol. The Morgan fingerprint density at radius 1 is 0.964 bits per heavy atom. The molecule has 0 radical (unpaired) electrons. The molecule has 2 fully saturated rings. The van der Waals surface area contributed by atoms with Gasteiger partial charge in [-0.05, 0) is 36.6 Å². The number of para-hydroxylation sites is 1. The van der Waals surface area contributed by atoms with E-state index in [4.69, 9.17) is 11.6 Å². The van der Waals surface area contributed by atoms with Gasteiger partial charge in [-0.1, -0.05) is 29.8 Å². The van der Waals surface area contributed by atoms with Crippen molar-refractivity contribution < 1.29 is 4.79 Å². The number of amides is 2. The van der Waals surface area contributed by atoms with Crippen molar-refractivity contribution in [3.63, 3.8) is 0 Å². The molecule has 0 bridgehead atoms. The van der Waals surface area contributed by atoms with E-state index in [1.807, 2.05) is 35.4 Å². The Hall–Kier alpha value is -2.47. The van der Waals surface area contributed by atoms with Crippen LogP contribution in [0.25, 0.3) is 0 Å². The fraction of sp³-hybridized carbons (Fsp3) is 0.429. The summed E-state index contributed by atoms with van der Waals surface area (Å²) in [5.74, 6) is 1.03. The second kappa shape index (κ2) is 8.69. The molecular weight excluding hydrogens is 374 g/mol. The SMILES string of the molecule is O=C(NCc1ccc(N2CCCC2)nc1)N1CCN(c2ccccc2Cl)CC1. The minimum atomic E-state index is -0.0255. The first-order valence-electron chi connectivity index (χ1n) is 9.93. The van der Waals surface area contributed by atoms with Gasteiger partial charge in [-0.2, -0.15) is 0 Å². The van der Waals surface area contributed by atoms with Crippen molar-refractivity contribution in [3.8, 4) is 0 Å². The lowest BCUT2D eigenvalue weighted by Crippen LogP contribution is -2.51. The summed E-state index contributed by atoms with van der Waals surface area (Å²) in [5.41, 5.74) is 2.05. The summed E-state index contributed by atoms with van der Waals surface area (Å²) in [6.45, 7) is 5.60. The average Bonchev–Trinajstić information content (AvgIpc) is 3.28. The summed E-state index contributed by atoms with van der Waals surface area (Å²) < 4.78 is 0. The Labute approximate surface area is 171 Å².